The summed E-state index contributed by atoms with van der Waals surface area (Å²) in [6.07, 6.45) is -0.706. The molecule has 0 aromatic heterocycles. The van der Waals surface area contributed by atoms with Crippen molar-refractivity contribution in [2.75, 3.05) is 6.61 Å². The highest BCUT2D eigenvalue weighted by Gasteiger charge is 2.23. The van der Waals surface area contributed by atoms with Gasteiger partial charge in [-0.3, -0.25) is 9.63 Å². The van der Waals surface area contributed by atoms with E-state index in [9.17, 15) is 14.4 Å². The molecule has 8 heteroatoms. The van der Waals surface area contributed by atoms with Gasteiger partial charge in [-0.05, 0) is 23.3 Å². The minimum atomic E-state index is -1.03. The molecule has 0 heterocycles. The predicted octanol–water partition coefficient (Wildman–Crippen LogP) is 3.78. The fourth-order valence-electron chi connectivity index (χ4n) is 2.93. The van der Waals surface area contributed by atoms with Crippen LogP contribution in [-0.2, 0) is 32.3 Å². The van der Waals surface area contributed by atoms with Crippen LogP contribution in [0, 0.1) is 0 Å². The number of amides is 2. The Morgan fingerprint density at radius 2 is 1.24 bits per heavy atom. The molecule has 2 amide bonds. The molecule has 0 aliphatic carbocycles. The zero-order chi connectivity index (χ0) is 24.0. The number of nitrogens with one attached hydrogen (secondary N) is 2. The van der Waals surface area contributed by atoms with Gasteiger partial charge in [-0.25, -0.2) is 15.1 Å². The van der Waals surface area contributed by atoms with Crippen molar-refractivity contribution in [3.05, 3.63) is 108 Å². The number of benzene rings is 3. The third-order valence-corrected chi connectivity index (χ3v) is 4.72. The zero-order valence-electron chi connectivity index (χ0n) is 18.5. The monoisotopic (exact) mass is 462 g/mol. The third kappa shape index (κ3) is 8.40. The summed E-state index contributed by atoms with van der Waals surface area (Å²) in [6, 6.07) is 25.9. The van der Waals surface area contributed by atoms with Crippen molar-refractivity contribution < 1.29 is 28.7 Å². The van der Waals surface area contributed by atoms with E-state index in [2.05, 4.69) is 10.8 Å². The first kappa shape index (κ1) is 24.5. The van der Waals surface area contributed by atoms with Gasteiger partial charge in [-0.1, -0.05) is 78.9 Å². The lowest BCUT2D eigenvalue weighted by molar-refractivity contribution is -0.148. The van der Waals surface area contributed by atoms with E-state index in [0.29, 0.717) is 5.56 Å². The predicted molar refractivity (Wildman–Crippen MR) is 124 cm³/mol. The Kier molecular flexibility index (Phi) is 9.64. The zero-order valence-corrected chi connectivity index (χ0v) is 18.5. The van der Waals surface area contributed by atoms with Gasteiger partial charge in [0.2, 0.25) is 0 Å². The van der Waals surface area contributed by atoms with E-state index in [4.69, 9.17) is 14.3 Å². The molecule has 0 radical (unpaired) electrons. The number of hydrogen-bond donors (Lipinski definition) is 2. The van der Waals surface area contributed by atoms with Gasteiger partial charge in [0.15, 0.2) is 0 Å². The fourth-order valence-corrected chi connectivity index (χ4v) is 2.93. The minimum absolute atomic E-state index is 0.0390. The molecule has 176 valence electrons. The van der Waals surface area contributed by atoms with E-state index in [1.54, 1.807) is 30.3 Å². The molecule has 0 saturated heterocycles. The highest BCUT2D eigenvalue weighted by Crippen LogP contribution is 2.06. The Balaban J connectivity index is 1.51. The van der Waals surface area contributed by atoms with Crippen LogP contribution in [0.3, 0.4) is 0 Å². The number of esters is 1. The first-order valence-electron chi connectivity index (χ1n) is 10.8. The number of hydroxylamine groups is 1. The van der Waals surface area contributed by atoms with Crippen molar-refractivity contribution in [3.63, 3.8) is 0 Å². The average Bonchev–Trinajstić information content (AvgIpc) is 2.89. The Morgan fingerprint density at radius 3 is 1.82 bits per heavy atom. The number of ether oxygens (including phenoxy) is 2. The van der Waals surface area contributed by atoms with Gasteiger partial charge >= 0.3 is 12.1 Å². The number of carbonyl (C=O) groups excluding carboxylic acids is 3. The van der Waals surface area contributed by atoms with E-state index in [-0.39, 0.29) is 26.2 Å². The molecule has 3 aromatic carbocycles. The van der Waals surface area contributed by atoms with E-state index in [1.807, 2.05) is 60.7 Å². The van der Waals surface area contributed by atoms with Gasteiger partial charge in [0.25, 0.3) is 5.91 Å². The molecule has 0 saturated carbocycles. The summed E-state index contributed by atoms with van der Waals surface area (Å²) in [5.74, 6) is -1.06. The highest BCUT2D eigenvalue weighted by atomic mass is 16.7. The van der Waals surface area contributed by atoms with Gasteiger partial charge in [-0.15, -0.1) is 0 Å². The number of alkyl carbamates (subject to hydrolysis) is 1. The van der Waals surface area contributed by atoms with E-state index in [1.165, 1.54) is 0 Å². The minimum Gasteiger partial charge on any atom is -0.459 e. The third-order valence-electron chi connectivity index (χ3n) is 4.72. The van der Waals surface area contributed by atoms with Crippen LogP contribution in [0.1, 0.15) is 27.9 Å². The first-order valence-corrected chi connectivity index (χ1v) is 10.8. The largest absolute Gasteiger partial charge is 0.459 e. The SMILES string of the molecule is O=C(N[C@H](CCONC(=O)c1ccccc1)C(=O)OCc1ccccc1)OCc1ccccc1. The Bertz CT molecular complexity index is 1040. The van der Waals surface area contributed by atoms with Crippen LogP contribution >= 0.6 is 0 Å². The summed E-state index contributed by atoms with van der Waals surface area (Å²) in [5, 5.41) is 2.51. The van der Waals surface area contributed by atoms with Crippen LogP contribution in [0.15, 0.2) is 91.0 Å². The van der Waals surface area contributed by atoms with Crippen LogP contribution in [0.2, 0.25) is 0 Å². The molecule has 0 fully saturated rings. The molecule has 0 aliphatic rings. The molecular formula is C26H26N2O6. The van der Waals surface area contributed by atoms with Crippen LogP contribution in [-0.4, -0.2) is 30.6 Å². The first-order chi connectivity index (χ1) is 16.6. The average molecular weight is 463 g/mol. The maximum Gasteiger partial charge on any atom is 0.408 e. The number of rotatable bonds is 11. The molecular weight excluding hydrogens is 436 g/mol. The smallest absolute Gasteiger partial charge is 0.408 e. The molecule has 0 aliphatic heterocycles. The highest BCUT2D eigenvalue weighted by molar-refractivity contribution is 5.93. The van der Waals surface area contributed by atoms with Crippen LogP contribution < -0.4 is 10.8 Å². The summed E-state index contributed by atoms with van der Waals surface area (Å²) >= 11 is 0. The lowest BCUT2D eigenvalue weighted by Crippen LogP contribution is -2.43. The molecule has 0 unspecified atom stereocenters. The van der Waals surface area contributed by atoms with Gasteiger partial charge in [0, 0.05) is 12.0 Å². The second kappa shape index (κ2) is 13.4. The van der Waals surface area contributed by atoms with Crippen molar-refractivity contribution in [3.8, 4) is 0 Å². The number of hydrogen-bond acceptors (Lipinski definition) is 6. The van der Waals surface area contributed by atoms with Crippen molar-refractivity contribution in [2.45, 2.75) is 25.7 Å². The van der Waals surface area contributed by atoms with Gasteiger partial charge in [0.1, 0.15) is 19.3 Å². The van der Waals surface area contributed by atoms with Crippen molar-refractivity contribution in [1.82, 2.24) is 10.8 Å². The normalized spacial score (nSPS) is 11.2. The van der Waals surface area contributed by atoms with Gasteiger partial charge in [0.05, 0.1) is 6.61 Å². The molecule has 3 rings (SSSR count). The molecule has 1 atom stereocenters. The molecule has 3 aromatic rings. The van der Waals surface area contributed by atoms with E-state index in [0.717, 1.165) is 11.1 Å². The summed E-state index contributed by atoms with van der Waals surface area (Å²) in [4.78, 5) is 42.2. The van der Waals surface area contributed by atoms with Crippen molar-refractivity contribution in [2.24, 2.45) is 0 Å². The second-order valence-corrected chi connectivity index (χ2v) is 7.29. The van der Waals surface area contributed by atoms with Gasteiger partial charge in [-0.2, -0.15) is 0 Å². The Labute approximate surface area is 197 Å². The Hall–Kier alpha value is -4.17. The molecule has 0 spiro atoms. The van der Waals surface area contributed by atoms with Crippen LogP contribution in [0.25, 0.3) is 0 Å². The van der Waals surface area contributed by atoms with E-state index >= 15 is 0 Å². The Morgan fingerprint density at radius 1 is 0.706 bits per heavy atom. The number of carbonyl (C=O) groups is 3. The van der Waals surface area contributed by atoms with Crippen molar-refractivity contribution >= 4 is 18.0 Å². The lowest BCUT2D eigenvalue weighted by atomic mass is 10.2. The molecule has 34 heavy (non-hydrogen) atoms. The van der Waals surface area contributed by atoms with Gasteiger partial charge < -0.3 is 14.8 Å². The van der Waals surface area contributed by atoms with Crippen LogP contribution in [0.4, 0.5) is 4.79 Å². The van der Waals surface area contributed by atoms with E-state index < -0.39 is 24.0 Å². The summed E-state index contributed by atoms with van der Waals surface area (Å²) in [6.45, 7) is 0.0766. The second-order valence-electron chi connectivity index (χ2n) is 7.29. The maximum absolute atomic E-state index is 12.6. The summed E-state index contributed by atoms with van der Waals surface area (Å²) in [5.41, 5.74) is 4.38. The topological polar surface area (TPSA) is 103 Å². The molecule has 0 bridgehead atoms. The molecule has 8 nitrogen and oxygen atoms in total. The summed E-state index contributed by atoms with van der Waals surface area (Å²) < 4.78 is 10.6. The summed E-state index contributed by atoms with van der Waals surface area (Å²) in [7, 11) is 0. The standard InChI is InChI=1S/C26H26N2O6/c29-24(22-14-8-3-9-15-22)28-34-17-16-23(25(30)32-18-20-10-4-1-5-11-20)27-26(31)33-19-21-12-6-2-7-13-21/h1-15,23H,16-19H2,(H,27,31)(H,28,29)/t23-/m1/s1. The molecule has 2 N–H and O–H groups in total. The maximum atomic E-state index is 12.6. The quantitative estimate of drug-likeness (QED) is 0.255. The van der Waals surface area contributed by atoms with Crippen molar-refractivity contribution in [1.29, 1.82) is 0 Å². The fraction of sp³-hybridized carbons (Fsp3) is 0.192. The lowest BCUT2D eigenvalue weighted by Gasteiger charge is -2.18. The van der Waals surface area contributed by atoms with Crippen LogP contribution in [0.5, 0.6) is 0 Å².